The number of Topliss-reactive ketones (excluding diaryl/α,β-unsaturated/α-hetero) is 1. The Kier molecular flexibility index (Phi) is 6.61. The van der Waals surface area contributed by atoms with Gasteiger partial charge in [-0.05, 0) is 43.3 Å². The lowest BCUT2D eigenvalue weighted by molar-refractivity contribution is -0.115. The lowest BCUT2D eigenvalue weighted by atomic mass is 10.1. The second-order valence-electron chi connectivity index (χ2n) is 5.17. The summed E-state index contributed by atoms with van der Waals surface area (Å²) in [6, 6.07) is 13.0. The molecule has 1 amide bonds. The maximum atomic E-state index is 12.4. The molecular weight excluding hydrogens is 362 g/mol. The Labute approximate surface area is 154 Å². The standard InChI is InChI=1S/C18H16ClNO4S/c1-11(17(22)12-6-8-13(19)9-7-12)24-18(23)14-4-2-3-5-15(14)25-10-16(20)21/h2-9,11H,10H2,1H3,(H2,20,21). The second kappa shape index (κ2) is 8.69. The van der Waals surface area contributed by atoms with Gasteiger partial charge in [-0.3, -0.25) is 9.59 Å². The highest BCUT2D eigenvalue weighted by Crippen LogP contribution is 2.23. The molecule has 2 aromatic rings. The number of hydrogen-bond donors (Lipinski definition) is 1. The van der Waals surface area contributed by atoms with Crippen LogP contribution in [0.15, 0.2) is 53.4 Å². The molecule has 0 saturated heterocycles. The average Bonchev–Trinajstić information content (AvgIpc) is 2.60. The van der Waals surface area contributed by atoms with Crippen LogP contribution in [0.3, 0.4) is 0 Å². The first-order valence-electron chi connectivity index (χ1n) is 7.39. The van der Waals surface area contributed by atoms with Crippen molar-refractivity contribution in [2.24, 2.45) is 5.73 Å². The third-order valence-electron chi connectivity index (χ3n) is 3.26. The van der Waals surface area contributed by atoms with Crippen LogP contribution < -0.4 is 5.73 Å². The minimum atomic E-state index is -0.956. The topological polar surface area (TPSA) is 86.5 Å². The van der Waals surface area contributed by atoms with E-state index in [1.165, 1.54) is 6.92 Å². The van der Waals surface area contributed by atoms with E-state index >= 15 is 0 Å². The zero-order valence-electron chi connectivity index (χ0n) is 13.4. The lowest BCUT2D eigenvalue weighted by Crippen LogP contribution is -2.24. The first-order chi connectivity index (χ1) is 11.9. The number of halogens is 1. The number of carbonyl (C=O) groups is 3. The van der Waals surface area contributed by atoms with Gasteiger partial charge in [0.2, 0.25) is 11.7 Å². The Balaban J connectivity index is 2.09. The zero-order valence-corrected chi connectivity index (χ0v) is 15.0. The SMILES string of the molecule is CC(OC(=O)c1ccccc1SCC(N)=O)C(=O)c1ccc(Cl)cc1. The van der Waals surface area contributed by atoms with Crippen LogP contribution in [0.2, 0.25) is 5.02 Å². The fourth-order valence-corrected chi connectivity index (χ4v) is 2.94. The van der Waals surface area contributed by atoms with Crippen LogP contribution in [0, 0.1) is 0 Å². The van der Waals surface area contributed by atoms with Gasteiger partial charge < -0.3 is 10.5 Å². The molecule has 0 aliphatic carbocycles. The molecule has 0 bridgehead atoms. The monoisotopic (exact) mass is 377 g/mol. The van der Waals surface area contributed by atoms with Crippen LogP contribution in [0.5, 0.6) is 0 Å². The molecule has 0 aliphatic rings. The van der Waals surface area contributed by atoms with E-state index < -0.39 is 18.0 Å². The molecule has 0 heterocycles. The third kappa shape index (κ3) is 5.34. The largest absolute Gasteiger partial charge is 0.451 e. The number of esters is 1. The summed E-state index contributed by atoms with van der Waals surface area (Å²) >= 11 is 6.94. The van der Waals surface area contributed by atoms with Gasteiger partial charge in [0.15, 0.2) is 6.10 Å². The van der Waals surface area contributed by atoms with E-state index in [0.29, 0.717) is 15.5 Å². The van der Waals surface area contributed by atoms with Crippen molar-refractivity contribution in [1.82, 2.24) is 0 Å². The molecule has 1 atom stereocenters. The van der Waals surface area contributed by atoms with E-state index in [9.17, 15) is 14.4 Å². The van der Waals surface area contributed by atoms with Gasteiger partial charge in [-0.25, -0.2) is 4.79 Å². The van der Waals surface area contributed by atoms with Gasteiger partial charge in [-0.1, -0.05) is 23.7 Å². The van der Waals surface area contributed by atoms with Crippen molar-refractivity contribution in [2.75, 3.05) is 5.75 Å². The molecule has 0 aromatic heterocycles. The number of nitrogens with two attached hydrogens (primary N) is 1. The molecule has 0 saturated carbocycles. The van der Waals surface area contributed by atoms with Crippen molar-refractivity contribution in [2.45, 2.75) is 17.9 Å². The molecular formula is C18H16ClNO4S. The first-order valence-corrected chi connectivity index (χ1v) is 8.75. The summed E-state index contributed by atoms with van der Waals surface area (Å²) in [5.74, 6) is -1.40. The van der Waals surface area contributed by atoms with Crippen molar-refractivity contribution in [3.05, 3.63) is 64.7 Å². The lowest BCUT2D eigenvalue weighted by Gasteiger charge is -2.14. The highest BCUT2D eigenvalue weighted by atomic mass is 35.5. The normalized spacial score (nSPS) is 11.6. The molecule has 5 nitrogen and oxygen atoms in total. The third-order valence-corrected chi connectivity index (χ3v) is 4.61. The minimum Gasteiger partial charge on any atom is -0.451 e. The maximum Gasteiger partial charge on any atom is 0.339 e. The van der Waals surface area contributed by atoms with Gasteiger partial charge in [-0.15, -0.1) is 11.8 Å². The molecule has 130 valence electrons. The van der Waals surface area contributed by atoms with Crippen LogP contribution in [0.4, 0.5) is 0 Å². The van der Waals surface area contributed by atoms with Gasteiger partial charge in [-0.2, -0.15) is 0 Å². The Morgan fingerprint density at radius 3 is 2.40 bits per heavy atom. The number of amides is 1. The predicted octanol–water partition coefficient (Wildman–Crippen LogP) is 3.35. The van der Waals surface area contributed by atoms with Crippen molar-refractivity contribution in [1.29, 1.82) is 0 Å². The predicted molar refractivity (Wildman–Crippen MR) is 97.0 cm³/mol. The highest BCUT2D eigenvalue weighted by Gasteiger charge is 2.22. The molecule has 0 fully saturated rings. The van der Waals surface area contributed by atoms with Gasteiger partial charge in [0.25, 0.3) is 0 Å². The highest BCUT2D eigenvalue weighted by molar-refractivity contribution is 8.00. The number of rotatable bonds is 7. The second-order valence-corrected chi connectivity index (χ2v) is 6.62. The molecule has 0 radical (unpaired) electrons. The van der Waals surface area contributed by atoms with E-state index in [2.05, 4.69) is 0 Å². The van der Waals surface area contributed by atoms with Gasteiger partial charge >= 0.3 is 5.97 Å². The number of hydrogen-bond acceptors (Lipinski definition) is 5. The molecule has 2 N–H and O–H groups in total. The maximum absolute atomic E-state index is 12.4. The van der Waals surface area contributed by atoms with Crippen molar-refractivity contribution in [3.63, 3.8) is 0 Å². The molecule has 25 heavy (non-hydrogen) atoms. The quantitative estimate of drug-likeness (QED) is 0.454. The number of primary amides is 1. The van der Waals surface area contributed by atoms with Gasteiger partial charge in [0, 0.05) is 15.5 Å². The van der Waals surface area contributed by atoms with Crippen LogP contribution in [-0.4, -0.2) is 29.5 Å². The molecule has 1 unspecified atom stereocenters. The van der Waals surface area contributed by atoms with Crippen LogP contribution in [-0.2, 0) is 9.53 Å². The Morgan fingerprint density at radius 1 is 1.12 bits per heavy atom. The van der Waals surface area contributed by atoms with Crippen molar-refractivity contribution >= 4 is 41.0 Å². The molecule has 2 aromatic carbocycles. The summed E-state index contributed by atoms with van der Waals surface area (Å²) in [4.78, 5) is 36.2. The van der Waals surface area contributed by atoms with Gasteiger partial charge in [0.1, 0.15) is 0 Å². The zero-order chi connectivity index (χ0) is 18.4. The summed E-state index contributed by atoms with van der Waals surface area (Å²) in [6.45, 7) is 1.51. The van der Waals surface area contributed by atoms with Crippen LogP contribution in [0.1, 0.15) is 27.6 Å². The minimum absolute atomic E-state index is 0.0452. The molecule has 7 heteroatoms. The number of ether oxygens (including phenoxy) is 1. The summed E-state index contributed by atoms with van der Waals surface area (Å²) in [5, 5.41) is 0.515. The average molecular weight is 378 g/mol. The Morgan fingerprint density at radius 2 is 1.76 bits per heavy atom. The molecule has 0 aliphatic heterocycles. The molecule has 2 rings (SSSR count). The summed E-state index contributed by atoms with van der Waals surface area (Å²) in [5.41, 5.74) is 5.82. The van der Waals surface area contributed by atoms with Crippen LogP contribution in [0.25, 0.3) is 0 Å². The fourth-order valence-electron chi connectivity index (χ4n) is 2.04. The Bertz CT molecular complexity index is 792. The molecule has 0 spiro atoms. The number of benzene rings is 2. The van der Waals surface area contributed by atoms with E-state index in [-0.39, 0.29) is 17.1 Å². The van der Waals surface area contributed by atoms with E-state index in [1.54, 1.807) is 48.5 Å². The van der Waals surface area contributed by atoms with Crippen LogP contribution >= 0.6 is 23.4 Å². The number of carbonyl (C=O) groups excluding carboxylic acids is 3. The summed E-state index contributed by atoms with van der Waals surface area (Å²) in [6.07, 6.45) is -0.956. The number of thioether (sulfide) groups is 1. The van der Waals surface area contributed by atoms with E-state index in [0.717, 1.165) is 11.8 Å². The Hall–Kier alpha value is -2.31. The summed E-state index contributed by atoms with van der Waals surface area (Å²) in [7, 11) is 0. The van der Waals surface area contributed by atoms with Gasteiger partial charge in [0.05, 0.1) is 11.3 Å². The first kappa shape index (κ1) is 19.0. The van der Waals surface area contributed by atoms with Crippen molar-refractivity contribution in [3.8, 4) is 0 Å². The van der Waals surface area contributed by atoms with E-state index in [4.69, 9.17) is 22.1 Å². The van der Waals surface area contributed by atoms with Crippen molar-refractivity contribution < 1.29 is 19.1 Å². The van der Waals surface area contributed by atoms with E-state index in [1.807, 2.05) is 0 Å². The summed E-state index contributed by atoms with van der Waals surface area (Å²) < 4.78 is 5.28. The fraction of sp³-hybridized carbons (Fsp3) is 0.167. The number of ketones is 1. The smallest absolute Gasteiger partial charge is 0.339 e.